The Kier molecular flexibility index (Phi) is 4.60. The Bertz CT molecular complexity index is 656. The van der Waals surface area contributed by atoms with Crippen LogP contribution >= 0.6 is 0 Å². The molecule has 6 heteroatoms. The molecule has 2 aromatic rings. The van der Waals surface area contributed by atoms with Crippen LogP contribution in [0.25, 0.3) is 0 Å². The van der Waals surface area contributed by atoms with E-state index in [9.17, 15) is 13.5 Å². The number of phenols is 1. The van der Waals surface area contributed by atoms with Crippen molar-refractivity contribution in [3.63, 3.8) is 0 Å². The second-order valence-corrected chi connectivity index (χ2v) is 5.79. The fraction of sp³-hybridized carbons (Fsp3) is 0.143. The summed E-state index contributed by atoms with van der Waals surface area (Å²) in [6.07, 6.45) is 0. The Hall–Kier alpha value is -2.05. The van der Waals surface area contributed by atoms with Crippen molar-refractivity contribution in [2.45, 2.75) is 4.90 Å². The van der Waals surface area contributed by atoms with Gasteiger partial charge in [-0.15, -0.1) is 0 Å². The molecule has 0 saturated heterocycles. The molecule has 2 rings (SSSR count). The van der Waals surface area contributed by atoms with Crippen molar-refractivity contribution >= 4 is 10.0 Å². The summed E-state index contributed by atoms with van der Waals surface area (Å²) in [6.45, 7) is 0.245. The zero-order chi connectivity index (χ0) is 14.4. The van der Waals surface area contributed by atoms with Crippen LogP contribution in [-0.2, 0) is 10.0 Å². The smallest absolute Gasteiger partial charge is 0.240 e. The van der Waals surface area contributed by atoms with Crippen molar-refractivity contribution in [2.24, 2.45) is 0 Å². The predicted octanol–water partition coefficient (Wildman–Crippen LogP) is 1.75. The van der Waals surface area contributed by atoms with Crippen LogP contribution in [-0.4, -0.2) is 26.7 Å². The fourth-order valence-electron chi connectivity index (χ4n) is 1.60. The molecule has 0 atom stereocenters. The maximum absolute atomic E-state index is 11.9. The van der Waals surface area contributed by atoms with E-state index in [2.05, 4.69) is 4.72 Å². The summed E-state index contributed by atoms with van der Waals surface area (Å²) >= 11 is 0. The van der Waals surface area contributed by atoms with Crippen LogP contribution in [0.3, 0.4) is 0 Å². The summed E-state index contributed by atoms with van der Waals surface area (Å²) in [5, 5.41) is 9.48. The van der Waals surface area contributed by atoms with Gasteiger partial charge in [0.05, 0.1) is 4.90 Å². The Morgan fingerprint density at radius 3 is 2.35 bits per heavy atom. The predicted molar refractivity (Wildman–Crippen MR) is 75.2 cm³/mol. The van der Waals surface area contributed by atoms with Crippen LogP contribution in [0, 0.1) is 0 Å². The third kappa shape index (κ3) is 3.72. The molecule has 5 nitrogen and oxygen atoms in total. The van der Waals surface area contributed by atoms with Crippen molar-refractivity contribution in [1.29, 1.82) is 0 Å². The minimum Gasteiger partial charge on any atom is -0.504 e. The van der Waals surface area contributed by atoms with E-state index in [0.29, 0.717) is 5.75 Å². The topological polar surface area (TPSA) is 75.6 Å². The highest BCUT2D eigenvalue weighted by Gasteiger charge is 2.12. The fourth-order valence-corrected chi connectivity index (χ4v) is 2.63. The molecule has 0 bridgehead atoms. The molecule has 0 amide bonds. The quantitative estimate of drug-likeness (QED) is 0.796. The summed E-state index contributed by atoms with van der Waals surface area (Å²) in [6, 6.07) is 14.6. The Labute approximate surface area is 117 Å². The highest BCUT2D eigenvalue weighted by Crippen LogP contribution is 2.23. The lowest BCUT2D eigenvalue weighted by Gasteiger charge is -2.09. The molecule has 0 aliphatic carbocycles. The van der Waals surface area contributed by atoms with Gasteiger partial charge in [-0.1, -0.05) is 30.3 Å². The summed E-state index contributed by atoms with van der Waals surface area (Å²) in [4.78, 5) is 0.211. The number of hydrogen-bond acceptors (Lipinski definition) is 4. The van der Waals surface area contributed by atoms with E-state index in [4.69, 9.17) is 4.74 Å². The largest absolute Gasteiger partial charge is 0.504 e. The lowest BCUT2D eigenvalue weighted by Crippen LogP contribution is -2.28. The van der Waals surface area contributed by atoms with E-state index in [1.165, 1.54) is 18.2 Å². The number of ether oxygens (including phenoxy) is 1. The van der Waals surface area contributed by atoms with Gasteiger partial charge in [-0.3, -0.25) is 0 Å². The molecule has 0 radical (unpaired) electrons. The second-order valence-electron chi connectivity index (χ2n) is 4.03. The molecule has 0 saturated carbocycles. The highest BCUT2D eigenvalue weighted by atomic mass is 32.2. The van der Waals surface area contributed by atoms with Crippen molar-refractivity contribution in [1.82, 2.24) is 4.72 Å². The van der Waals surface area contributed by atoms with Crippen molar-refractivity contribution in [2.75, 3.05) is 13.2 Å². The molecule has 0 fully saturated rings. The molecule has 0 spiro atoms. The van der Waals surface area contributed by atoms with Gasteiger partial charge in [0.2, 0.25) is 10.0 Å². The number of rotatable bonds is 6. The summed E-state index contributed by atoms with van der Waals surface area (Å²) in [5.41, 5.74) is 0. The van der Waals surface area contributed by atoms with Gasteiger partial charge in [0.1, 0.15) is 6.61 Å². The molecule has 0 aliphatic heterocycles. The van der Waals surface area contributed by atoms with Gasteiger partial charge in [0.25, 0.3) is 0 Å². The molecular weight excluding hydrogens is 278 g/mol. The van der Waals surface area contributed by atoms with Crippen molar-refractivity contribution < 1.29 is 18.3 Å². The maximum Gasteiger partial charge on any atom is 0.240 e. The average Bonchev–Trinajstić information content (AvgIpc) is 2.46. The third-order valence-electron chi connectivity index (χ3n) is 2.57. The zero-order valence-electron chi connectivity index (χ0n) is 10.7. The van der Waals surface area contributed by atoms with Gasteiger partial charge >= 0.3 is 0 Å². The molecule has 20 heavy (non-hydrogen) atoms. The first kappa shape index (κ1) is 14.4. The Morgan fingerprint density at radius 1 is 1.00 bits per heavy atom. The minimum absolute atomic E-state index is 0.0263. The third-order valence-corrected chi connectivity index (χ3v) is 4.05. The highest BCUT2D eigenvalue weighted by molar-refractivity contribution is 7.89. The van der Waals surface area contributed by atoms with Crippen molar-refractivity contribution in [3.8, 4) is 11.5 Å². The number of nitrogens with one attached hydrogen (secondary N) is 1. The Morgan fingerprint density at radius 2 is 1.65 bits per heavy atom. The van der Waals surface area contributed by atoms with Gasteiger partial charge in [0.15, 0.2) is 11.5 Å². The minimum atomic E-state index is -3.52. The summed E-state index contributed by atoms with van der Waals surface area (Å²) in [7, 11) is -3.52. The van der Waals surface area contributed by atoms with Gasteiger partial charge in [-0.25, -0.2) is 13.1 Å². The number of phenolic OH excluding ortho intramolecular Hbond substituents is 1. The lowest BCUT2D eigenvalue weighted by molar-refractivity contribution is 0.304. The number of benzene rings is 2. The van der Waals surface area contributed by atoms with E-state index in [-0.39, 0.29) is 23.8 Å². The standard InChI is InChI=1S/C14H15NO4S/c16-13-8-4-5-9-14(13)19-11-10-15-20(17,18)12-6-2-1-3-7-12/h1-9,15-16H,10-11H2. The monoisotopic (exact) mass is 293 g/mol. The lowest BCUT2D eigenvalue weighted by atomic mass is 10.3. The van der Waals surface area contributed by atoms with E-state index in [1.807, 2.05) is 0 Å². The van der Waals surface area contributed by atoms with Gasteiger partial charge in [-0.05, 0) is 24.3 Å². The van der Waals surface area contributed by atoms with Gasteiger partial charge in [-0.2, -0.15) is 0 Å². The molecular formula is C14H15NO4S. The normalized spacial score (nSPS) is 11.2. The van der Waals surface area contributed by atoms with Gasteiger partial charge in [0, 0.05) is 6.54 Å². The van der Waals surface area contributed by atoms with Crippen LogP contribution in [0.4, 0.5) is 0 Å². The molecule has 0 aromatic heterocycles. The van der Waals surface area contributed by atoms with Crippen LogP contribution in [0.15, 0.2) is 59.5 Å². The van der Waals surface area contributed by atoms with E-state index < -0.39 is 10.0 Å². The first-order chi connectivity index (χ1) is 9.59. The first-order valence-corrected chi connectivity index (χ1v) is 7.53. The van der Waals surface area contributed by atoms with Crippen LogP contribution in [0.5, 0.6) is 11.5 Å². The van der Waals surface area contributed by atoms with Crippen LogP contribution in [0.2, 0.25) is 0 Å². The van der Waals surface area contributed by atoms with Crippen molar-refractivity contribution in [3.05, 3.63) is 54.6 Å². The Balaban J connectivity index is 1.86. The number of para-hydroxylation sites is 2. The molecule has 2 N–H and O–H groups in total. The van der Waals surface area contributed by atoms with E-state index >= 15 is 0 Å². The summed E-state index contributed by atoms with van der Waals surface area (Å²) < 4.78 is 31.5. The number of hydrogen-bond donors (Lipinski definition) is 2. The molecule has 106 valence electrons. The SMILES string of the molecule is O=S(=O)(NCCOc1ccccc1O)c1ccccc1. The number of aromatic hydroxyl groups is 1. The molecule has 2 aromatic carbocycles. The summed E-state index contributed by atoms with van der Waals surface area (Å²) in [5.74, 6) is 0.352. The first-order valence-electron chi connectivity index (χ1n) is 6.05. The van der Waals surface area contributed by atoms with Gasteiger partial charge < -0.3 is 9.84 Å². The zero-order valence-corrected chi connectivity index (χ0v) is 11.5. The molecule has 0 unspecified atom stereocenters. The second kappa shape index (κ2) is 6.40. The molecule has 0 heterocycles. The number of sulfonamides is 1. The van der Waals surface area contributed by atoms with Crippen LogP contribution in [0.1, 0.15) is 0 Å². The average molecular weight is 293 g/mol. The maximum atomic E-state index is 11.9. The molecule has 0 aliphatic rings. The van der Waals surface area contributed by atoms with Crippen LogP contribution < -0.4 is 9.46 Å². The van der Waals surface area contributed by atoms with E-state index in [1.54, 1.807) is 36.4 Å². The van der Waals surface area contributed by atoms with E-state index in [0.717, 1.165) is 0 Å².